The molecule has 0 saturated heterocycles. The molecule has 0 atom stereocenters. The van der Waals surface area contributed by atoms with E-state index in [1.807, 2.05) is 18.2 Å². The first-order chi connectivity index (χ1) is 18.5. The number of ether oxygens (including phenoxy) is 5. The first-order valence-electron chi connectivity index (χ1n) is 12.0. The summed E-state index contributed by atoms with van der Waals surface area (Å²) in [6.45, 7) is 0.940. The Kier molecular flexibility index (Phi) is 8.94. The van der Waals surface area contributed by atoms with Crippen molar-refractivity contribution in [2.75, 3.05) is 53.1 Å². The maximum atomic E-state index is 13.6. The van der Waals surface area contributed by atoms with E-state index in [1.54, 1.807) is 48.6 Å². The van der Waals surface area contributed by atoms with Crippen molar-refractivity contribution in [2.45, 2.75) is 13.1 Å². The monoisotopic (exact) mass is 525 g/mol. The van der Waals surface area contributed by atoms with Crippen LogP contribution in [0, 0.1) is 0 Å². The van der Waals surface area contributed by atoms with Gasteiger partial charge in [-0.2, -0.15) is 0 Å². The third-order valence-corrected chi connectivity index (χ3v) is 5.92. The molecule has 4 rings (SSSR count). The van der Waals surface area contributed by atoms with Crippen LogP contribution in [0.15, 0.2) is 59.2 Å². The minimum Gasteiger partial charge on any atom is -0.497 e. The number of anilines is 1. The van der Waals surface area contributed by atoms with Gasteiger partial charge in [0, 0.05) is 26.3 Å². The Labute approximate surface area is 220 Å². The molecule has 0 aliphatic carbocycles. The lowest BCUT2D eigenvalue weighted by Gasteiger charge is -2.27. The standard InChI is InChI=1S/C27H31N3O8/c1-33-12-10-29(27(32)28-22-8-7-20(34-2)14-24(22)35-3)17-26(31)30(16-21-5-4-11-36-21)15-19-6-9-23-25(13-19)38-18-37-23/h4-9,11,13-14H,10,12,15-18H2,1-3H3,(H,28,32). The fraction of sp³-hybridized carbons (Fsp3) is 0.333. The molecule has 202 valence electrons. The molecule has 0 bridgehead atoms. The van der Waals surface area contributed by atoms with E-state index < -0.39 is 6.03 Å². The number of urea groups is 1. The number of benzene rings is 2. The fourth-order valence-electron chi connectivity index (χ4n) is 3.90. The lowest BCUT2D eigenvalue weighted by Crippen LogP contribution is -2.45. The largest absolute Gasteiger partial charge is 0.497 e. The Hall–Kier alpha value is -4.38. The molecule has 1 aliphatic rings. The van der Waals surface area contributed by atoms with Crippen LogP contribution in [-0.4, -0.2) is 69.6 Å². The van der Waals surface area contributed by atoms with Crippen LogP contribution in [0.5, 0.6) is 23.0 Å². The van der Waals surface area contributed by atoms with E-state index in [2.05, 4.69) is 5.32 Å². The smallest absolute Gasteiger partial charge is 0.322 e. The highest BCUT2D eigenvalue weighted by atomic mass is 16.7. The molecule has 0 spiro atoms. The van der Waals surface area contributed by atoms with Crippen molar-refractivity contribution in [3.8, 4) is 23.0 Å². The van der Waals surface area contributed by atoms with Crippen LogP contribution in [-0.2, 0) is 22.6 Å². The van der Waals surface area contributed by atoms with Gasteiger partial charge < -0.3 is 43.2 Å². The predicted octanol–water partition coefficient (Wildman–Crippen LogP) is 3.73. The summed E-state index contributed by atoms with van der Waals surface area (Å²) in [5, 5.41) is 2.82. The SMILES string of the molecule is COCCN(CC(=O)N(Cc1ccc2c(c1)OCO2)Cc1ccco1)C(=O)Nc1ccc(OC)cc1OC. The lowest BCUT2D eigenvalue weighted by atomic mass is 10.2. The van der Waals surface area contributed by atoms with Crippen LogP contribution >= 0.6 is 0 Å². The van der Waals surface area contributed by atoms with Crippen LogP contribution in [0.1, 0.15) is 11.3 Å². The molecule has 3 amide bonds. The van der Waals surface area contributed by atoms with E-state index in [1.165, 1.54) is 19.1 Å². The van der Waals surface area contributed by atoms with E-state index in [9.17, 15) is 9.59 Å². The van der Waals surface area contributed by atoms with Gasteiger partial charge in [-0.15, -0.1) is 0 Å². The van der Waals surface area contributed by atoms with Crippen LogP contribution in [0.4, 0.5) is 10.5 Å². The highest BCUT2D eigenvalue weighted by Crippen LogP contribution is 2.33. The summed E-state index contributed by atoms with van der Waals surface area (Å²) in [7, 11) is 4.58. The number of carbonyl (C=O) groups is 2. The quantitative estimate of drug-likeness (QED) is 0.381. The molecule has 1 aromatic heterocycles. The van der Waals surface area contributed by atoms with Gasteiger partial charge in [0.25, 0.3) is 0 Å². The second-order valence-corrected chi connectivity index (χ2v) is 8.43. The van der Waals surface area contributed by atoms with Crippen molar-refractivity contribution in [1.29, 1.82) is 0 Å². The van der Waals surface area contributed by atoms with Crippen molar-refractivity contribution >= 4 is 17.6 Å². The van der Waals surface area contributed by atoms with Crippen LogP contribution in [0.25, 0.3) is 0 Å². The highest BCUT2D eigenvalue weighted by molar-refractivity contribution is 5.93. The number of methoxy groups -OCH3 is 3. The summed E-state index contributed by atoms with van der Waals surface area (Å²) in [5.74, 6) is 2.65. The van der Waals surface area contributed by atoms with Crippen molar-refractivity contribution < 1.29 is 37.7 Å². The summed E-state index contributed by atoms with van der Waals surface area (Å²) >= 11 is 0. The zero-order chi connectivity index (χ0) is 26.9. The maximum absolute atomic E-state index is 13.6. The molecule has 2 aromatic carbocycles. The molecule has 3 aromatic rings. The van der Waals surface area contributed by atoms with Gasteiger partial charge >= 0.3 is 6.03 Å². The van der Waals surface area contributed by atoms with Crippen LogP contribution < -0.4 is 24.3 Å². The first-order valence-corrected chi connectivity index (χ1v) is 12.0. The molecule has 0 fully saturated rings. The number of fused-ring (bicyclic) bond motifs is 1. The number of carbonyl (C=O) groups excluding carboxylic acids is 2. The molecule has 11 heteroatoms. The molecule has 0 radical (unpaired) electrons. The number of amides is 3. The van der Waals surface area contributed by atoms with E-state index in [0.717, 1.165) is 5.56 Å². The molecule has 0 saturated carbocycles. The Balaban J connectivity index is 1.51. The van der Waals surface area contributed by atoms with Crippen molar-refractivity contribution in [2.24, 2.45) is 0 Å². The van der Waals surface area contributed by atoms with E-state index in [0.29, 0.717) is 34.4 Å². The summed E-state index contributed by atoms with van der Waals surface area (Å²) in [6, 6.07) is 13.7. The number of rotatable bonds is 12. The zero-order valence-corrected chi connectivity index (χ0v) is 21.6. The van der Waals surface area contributed by atoms with E-state index >= 15 is 0 Å². The summed E-state index contributed by atoms with van der Waals surface area (Å²) in [4.78, 5) is 29.8. The average Bonchev–Trinajstić information content (AvgIpc) is 3.62. The molecule has 38 heavy (non-hydrogen) atoms. The van der Waals surface area contributed by atoms with Gasteiger partial charge in [0.15, 0.2) is 11.5 Å². The van der Waals surface area contributed by atoms with Gasteiger partial charge in [-0.1, -0.05) is 6.07 Å². The zero-order valence-electron chi connectivity index (χ0n) is 21.6. The predicted molar refractivity (Wildman–Crippen MR) is 138 cm³/mol. The van der Waals surface area contributed by atoms with E-state index in [-0.39, 0.29) is 45.5 Å². The Morgan fingerprint density at radius 3 is 2.53 bits per heavy atom. The van der Waals surface area contributed by atoms with Gasteiger partial charge in [0.1, 0.15) is 23.8 Å². The number of nitrogens with one attached hydrogen (secondary N) is 1. The Morgan fingerprint density at radius 2 is 1.79 bits per heavy atom. The molecule has 1 aliphatic heterocycles. The van der Waals surface area contributed by atoms with Crippen LogP contribution in [0.3, 0.4) is 0 Å². The highest BCUT2D eigenvalue weighted by Gasteiger charge is 2.24. The third-order valence-electron chi connectivity index (χ3n) is 5.92. The molecular weight excluding hydrogens is 494 g/mol. The lowest BCUT2D eigenvalue weighted by molar-refractivity contribution is -0.133. The number of nitrogens with zero attached hydrogens (tertiary/aromatic N) is 2. The maximum Gasteiger partial charge on any atom is 0.322 e. The van der Waals surface area contributed by atoms with Crippen molar-refractivity contribution in [3.05, 3.63) is 66.1 Å². The van der Waals surface area contributed by atoms with Crippen molar-refractivity contribution in [3.63, 3.8) is 0 Å². The second kappa shape index (κ2) is 12.7. The minimum absolute atomic E-state index is 0.163. The number of hydrogen-bond acceptors (Lipinski definition) is 8. The van der Waals surface area contributed by atoms with Gasteiger partial charge in [-0.05, 0) is 42.0 Å². The van der Waals surface area contributed by atoms with Gasteiger partial charge in [-0.3, -0.25) is 4.79 Å². The van der Waals surface area contributed by atoms with Gasteiger partial charge in [-0.25, -0.2) is 4.79 Å². The Bertz CT molecular complexity index is 1230. The van der Waals surface area contributed by atoms with Gasteiger partial charge in [0.2, 0.25) is 12.7 Å². The minimum atomic E-state index is -0.472. The molecule has 2 heterocycles. The fourth-order valence-corrected chi connectivity index (χ4v) is 3.90. The van der Waals surface area contributed by atoms with E-state index in [4.69, 9.17) is 28.1 Å². The van der Waals surface area contributed by atoms with Crippen molar-refractivity contribution in [1.82, 2.24) is 9.80 Å². The summed E-state index contributed by atoms with van der Waals surface area (Å²) in [5.41, 5.74) is 1.30. The summed E-state index contributed by atoms with van der Waals surface area (Å²) in [6.07, 6.45) is 1.55. The Morgan fingerprint density at radius 1 is 0.947 bits per heavy atom. The first kappa shape index (κ1) is 26.7. The second-order valence-electron chi connectivity index (χ2n) is 8.43. The summed E-state index contributed by atoms with van der Waals surface area (Å²) < 4.78 is 32.1. The molecule has 1 N–H and O–H groups in total. The number of hydrogen-bond donors (Lipinski definition) is 1. The third kappa shape index (κ3) is 6.68. The topological polar surface area (TPSA) is 112 Å². The molecular formula is C27H31N3O8. The molecule has 0 unspecified atom stereocenters. The molecule has 11 nitrogen and oxygen atoms in total. The van der Waals surface area contributed by atoms with Gasteiger partial charge in [0.05, 0.1) is 39.3 Å². The van der Waals surface area contributed by atoms with Crippen LogP contribution in [0.2, 0.25) is 0 Å². The normalized spacial score (nSPS) is 11.7. The average molecular weight is 526 g/mol. The number of furan rings is 1.